The molecule has 1 fully saturated rings. The van der Waals surface area contributed by atoms with Crippen LogP contribution in [0.5, 0.6) is 0 Å². The molecule has 2 nitrogen and oxygen atoms in total. The number of benzene rings is 1. The van der Waals surface area contributed by atoms with E-state index in [0.29, 0.717) is 18.5 Å². The number of β-amino-alcohol motifs (C(OH)–C–C–N with tert-alkyl or cyclic N) is 1. The maximum Gasteiger partial charge on any atom is 0.126 e. The highest BCUT2D eigenvalue weighted by Gasteiger charge is 2.23. The lowest BCUT2D eigenvalue weighted by molar-refractivity contribution is 0.193. The molecule has 76 valence electrons. The van der Waals surface area contributed by atoms with Gasteiger partial charge in [-0.1, -0.05) is 12.1 Å². The van der Waals surface area contributed by atoms with Crippen LogP contribution in [-0.4, -0.2) is 17.8 Å². The predicted molar refractivity (Wildman–Crippen MR) is 52.5 cm³/mol. The molecule has 0 saturated carbocycles. The molecule has 1 aromatic carbocycles. The summed E-state index contributed by atoms with van der Waals surface area (Å²) >= 11 is 0. The molecular formula is C11H14FNO. The number of halogens is 1. The first-order chi connectivity index (χ1) is 6.66. The van der Waals surface area contributed by atoms with Gasteiger partial charge in [-0.15, -0.1) is 0 Å². The molecular weight excluding hydrogens is 181 g/mol. The maximum absolute atomic E-state index is 13.0. The topological polar surface area (TPSA) is 32.3 Å². The lowest BCUT2D eigenvalue weighted by atomic mass is 10.0. The van der Waals surface area contributed by atoms with E-state index in [1.54, 1.807) is 13.0 Å². The van der Waals surface area contributed by atoms with Gasteiger partial charge in [0, 0.05) is 12.6 Å². The molecule has 2 unspecified atom stereocenters. The molecule has 0 amide bonds. The van der Waals surface area contributed by atoms with Gasteiger partial charge < -0.3 is 10.4 Å². The van der Waals surface area contributed by atoms with Gasteiger partial charge in [0.05, 0.1) is 6.10 Å². The number of aliphatic hydroxyl groups excluding tert-OH is 1. The molecule has 1 heterocycles. The molecule has 1 aromatic rings. The first-order valence-corrected chi connectivity index (χ1v) is 4.84. The van der Waals surface area contributed by atoms with Gasteiger partial charge in [0.25, 0.3) is 0 Å². The molecule has 3 heteroatoms. The van der Waals surface area contributed by atoms with Crippen molar-refractivity contribution in [2.24, 2.45) is 0 Å². The second kappa shape index (κ2) is 3.67. The van der Waals surface area contributed by atoms with Crippen molar-refractivity contribution in [1.82, 2.24) is 5.32 Å². The lowest BCUT2D eigenvalue weighted by Gasteiger charge is -2.11. The minimum absolute atomic E-state index is 0.171. The van der Waals surface area contributed by atoms with Crippen molar-refractivity contribution in [3.05, 3.63) is 35.1 Å². The second-order valence-corrected chi connectivity index (χ2v) is 3.86. The highest BCUT2D eigenvalue weighted by atomic mass is 19.1. The number of nitrogens with one attached hydrogen (secondary N) is 1. The van der Waals surface area contributed by atoms with Crippen molar-refractivity contribution in [1.29, 1.82) is 0 Å². The van der Waals surface area contributed by atoms with Crippen LogP contribution in [0.1, 0.15) is 23.6 Å². The third kappa shape index (κ3) is 1.79. The molecule has 2 atom stereocenters. The van der Waals surface area contributed by atoms with Crippen LogP contribution >= 0.6 is 0 Å². The van der Waals surface area contributed by atoms with Crippen LogP contribution in [-0.2, 0) is 0 Å². The predicted octanol–water partition coefficient (Wildman–Crippen LogP) is 1.53. The Kier molecular flexibility index (Phi) is 2.52. The van der Waals surface area contributed by atoms with Gasteiger partial charge in [-0.3, -0.25) is 0 Å². The van der Waals surface area contributed by atoms with Crippen LogP contribution in [0.3, 0.4) is 0 Å². The highest BCUT2D eigenvalue weighted by Crippen LogP contribution is 2.24. The fourth-order valence-electron chi connectivity index (χ4n) is 1.86. The van der Waals surface area contributed by atoms with E-state index in [1.807, 2.05) is 6.07 Å². The largest absolute Gasteiger partial charge is 0.392 e. The lowest BCUT2D eigenvalue weighted by Crippen LogP contribution is -2.15. The first-order valence-electron chi connectivity index (χ1n) is 4.84. The highest BCUT2D eigenvalue weighted by molar-refractivity contribution is 5.27. The minimum atomic E-state index is -0.273. The monoisotopic (exact) mass is 195 g/mol. The number of hydrogen-bond donors (Lipinski definition) is 2. The van der Waals surface area contributed by atoms with E-state index in [0.717, 1.165) is 5.56 Å². The van der Waals surface area contributed by atoms with Crippen LogP contribution in [0, 0.1) is 12.7 Å². The van der Waals surface area contributed by atoms with E-state index >= 15 is 0 Å². The number of rotatable bonds is 1. The van der Waals surface area contributed by atoms with Crippen molar-refractivity contribution in [3.63, 3.8) is 0 Å². The number of hydrogen-bond acceptors (Lipinski definition) is 2. The van der Waals surface area contributed by atoms with E-state index in [2.05, 4.69) is 5.32 Å². The van der Waals surface area contributed by atoms with E-state index < -0.39 is 0 Å². The summed E-state index contributed by atoms with van der Waals surface area (Å²) in [6.45, 7) is 2.38. The standard InChI is InChI=1S/C11H14FNO/c1-7-4-8(2-3-10(7)12)11-5-9(14)6-13-11/h2-4,9,11,13-14H,5-6H2,1H3. The first kappa shape index (κ1) is 9.62. The summed E-state index contributed by atoms with van der Waals surface area (Å²) in [6, 6.07) is 5.27. The van der Waals surface area contributed by atoms with Gasteiger partial charge in [0.15, 0.2) is 0 Å². The number of aryl methyl sites for hydroxylation is 1. The Morgan fingerprint density at radius 3 is 2.86 bits per heavy atom. The molecule has 2 rings (SSSR count). The Labute approximate surface area is 82.8 Å². The van der Waals surface area contributed by atoms with E-state index in [9.17, 15) is 9.50 Å². The van der Waals surface area contributed by atoms with Crippen molar-refractivity contribution < 1.29 is 9.50 Å². The molecule has 0 bridgehead atoms. The summed E-state index contributed by atoms with van der Waals surface area (Å²) in [5.41, 5.74) is 1.71. The van der Waals surface area contributed by atoms with Crippen molar-refractivity contribution in [2.45, 2.75) is 25.5 Å². The van der Waals surface area contributed by atoms with Crippen LogP contribution in [0.4, 0.5) is 4.39 Å². The molecule has 0 aliphatic carbocycles. The van der Waals surface area contributed by atoms with E-state index in [1.165, 1.54) is 6.07 Å². The summed E-state index contributed by atoms with van der Waals surface area (Å²) in [4.78, 5) is 0. The van der Waals surface area contributed by atoms with Crippen molar-refractivity contribution in [3.8, 4) is 0 Å². The zero-order valence-electron chi connectivity index (χ0n) is 8.13. The Morgan fingerprint density at radius 1 is 1.50 bits per heavy atom. The Morgan fingerprint density at radius 2 is 2.29 bits per heavy atom. The van der Waals surface area contributed by atoms with E-state index in [4.69, 9.17) is 0 Å². The molecule has 0 spiro atoms. The Bertz CT molecular complexity index is 340. The third-order valence-electron chi connectivity index (χ3n) is 2.69. The van der Waals surface area contributed by atoms with Gasteiger partial charge >= 0.3 is 0 Å². The molecule has 0 aromatic heterocycles. The van der Waals surface area contributed by atoms with Gasteiger partial charge in [-0.2, -0.15) is 0 Å². The summed E-state index contributed by atoms with van der Waals surface area (Å²) in [7, 11) is 0. The Balaban J connectivity index is 2.20. The summed E-state index contributed by atoms with van der Waals surface area (Å²) in [6.07, 6.45) is 0.441. The number of aliphatic hydroxyl groups is 1. The summed E-state index contributed by atoms with van der Waals surface area (Å²) < 4.78 is 13.0. The smallest absolute Gasteiger partial charge is 0.126 e. The average molecular weight is 195 g/mol. The molecule has 0 radical (unpaired) electrons. The Hall–Kier alpha value is -0.930. The summed E-state index contributed by atoms with van der Waals surface area (Å²) in [5.74, 6) is -0.174. The van der Waals surface area contributed by atoms with Gasteiger partial charge in [0.2, 0.25) is 0 Å². The SMILES string of the molecule is Cc1cc(C2CC(O)CN2)ccc1F. The van der Waals surface area contributed by atoms with Crippen LogP contribution in [0.25, 0.3) is 0 Å². The normalized spacial score (nSPS) is 26.8. The molecule has 1 aliphatic rings. The van der Waals surface area contributed by atoms with Crippen LogP contribution in [0.2, 0.25) is 0 Å². The zero-order valence-corrected chi connectivity index (χ0v) is 8.13. The zero-order chi connectivity index (χ0) is 10.1. The van der Waals surface area contributed by atoms with Gasteiger partial charge in [-0.05, 0) is 30.5 Å². The fraction of sp³-hybridized carbons (Fsp3) is 0.455. The van der Waals surface area contributed by atoms with Gasteiger partial charge in [0.1, 0.15) is 5.82 Å². The third-order valence-corrected chi connectivity index (χ3v) is 2.69. The fourth-order valence-corrected chi connectivity index (χ4v) is 1.86. The maximum atomic E-state index is 13.0. The second-order valence-electron chi connectivity index (χ2n) is 3.86. The quantitative estimate of drug-likeness (QED) is 0.712. The molecule has 2 N–H and O–H groups in total. The summed E-state index contributed by atoms with van der Waals surface area (Å²) in [5, 5.41) is 12.5. The molecule has 1 aliphatic heterocycles. The molecule has 1 saturated heterocycles. The van der Waals surface area contributed by atoms with Crippen molar-refractivity contribution >= 4 is 0 Å². The minimum Gasteiger partial charge on any atom is -0.392 e. The average Bonchev–Trinajstić information content (AvgIpc) is 2.57. The van der Waals surface area contributed by atoms with Gasteiger partial charge in [-0.25, -0.2) is 4.39 Å². The van der Waals surface area contributed by atoms with Crippen LogP contribution < -0.4 is 5.32 Å². The van der Waals surface area contributed by atoms with E-state index in [-0.39, 0.29) is 18.0 Å². The molecule has 14 heavy (non-hydrogen) atoms. The van der Waals surface area contributed by atoms with Crippen LogP contribution in [0.15, 0.2) is 18.2 Å². The van der Waals surface area contributed by atoms with Crippen molar-refractivity contribution in [2.75, 3.05) is 6.54 Å².